The number of carbonyl (C=O) groups is 1. The van der Waals surface area contributed by atoms with Gasteiger partial charge >= 0.3 is 0 Å². The van der Waals surface area contributed by atoms with E-state index >= 15 is 0 Å². The van der Waals surface area contributed by atoms with E-state index in [-0.39, 0.29) is 17.5 Å². The molecule has 1 aliphatic heterocycles. The van der Waals surface area contributed by atoms with Gasteiger partial charge in [0.05, 0.1) is 0 Å². The standard InChI is InChI=1S/C25H21F2N3O/c26-19-5-1-3-16(11-19)15-30-23-9-7-20(27)12-18(23)13-24(30)25(31)29-21-8-6-17-4-2-10-28-22(17)14-21/h1,3,5-9,11-14,28H,2,4,10,15H2,(H,29,31). The average molecular weight is 417 g/mol. The summed E-state index contributed by atoms with van der Waals surface area (Å²) in [5.74, 6) is -1.01. The molecule has 6 heteroatoms. The first kappa shape index (κ1) is 19.3. The molecule has 0 radical (unpaired) electrons. The minimum absolute atomic E-state index is 0.293. The monoisotopic (exact) mass is 417 g/mol. The number of fused-ring (bicyclic) bond motifs is 2. The fourth-order valence-electron chi connectivity index (χ4n) is 4.15. The highest BCUT2D eigenvalue weighted by Gasteiger charge is 2.18. The van der Waals surface area contributed by atoms with Crippen molar-refractivity contribution in [1.29, 1.82) is 0 Å². The van der Waals surface area contributed by atoms with Gasteiger partial charge in [0, 0.05) is 35.4 Å². The second-order valence-corrected chi connectivity index (χ2v) is 7.81. The quantitative estimate of drug-likeness (QED) is 0.455. The van der Waals surface area contributed by atoms with Gasteiger partial charge in [0.1, 0.15) is 17.3 Å². The van der Waals surface area contributed by atoms with Gasteiger partial charge in [0.25, 0.3) is 5.91 Å². The molecule has 3 aromatic carbocycles. The highest BCUT2D eigenvalue weighted by atomic mass is 19.1. The second kappa shape index (κ2) is 7.87. The molecule has 0 atom stereocenters. The summed E-state index contributed by atoms with van der Waals surface area (Å²) in [6.45, 7) is 1.21. The van der Waals surface area contributed by atoms with E-state index < -0.39 is 0 Å². The topological polar surface area (TPSA) is 46.1 Å². The van der Waals surface area contributed by atoms with Crippen molar-refractivity contribution in [1.82, 2.24) is 4.57 Å². The second-order valence-electron chi connectivity index (χ2n) is 7.81. The fourth-order valence-corrected chi connectivity index (χ4v) is 4.15. The molecule has 4 aromatic rings. The number of nitrogens with zero attached hydrogens (tertiary/aromatic N) is 1. The van der Waals surface area contributed by atoms with Crippen LogP contribution in [0.2, 0.25) is 0 Å². The number of benzene rings is 3. The molecule has 1 amide bonds. The lowest BCUT2D eigenvalue weighted by molar-refractivity contribution is 0.101. The molecule has 0 spiro atoms. The van der Waals surface area contributed by atoms with Gasteiger partial charge in [-0.1, -0.05) is 18.2 Å². The van der Waals surface area contributed by atoms with Crippen molar-refractivity contribution in [2.75, 3.05) is 17.2 Å². The molecule has 0 bridgehead atoms. The Morgan fingerprint density at radius 3 is 2.74 bits per heavy atom. The number of amides is 1. The van der Waals surface area contributed by atoms with E-state index in [2.05, 4.69) is 10.6 Å². The van der Waals surface area contributed by atoms with Crippen LogP contribution in [-0.4, -0.2) is 17.0 Å². The number of halogens is 2. The first-order valence-corrected chi connectivity index (χ1v) is 10.3. The van der Waals surface area contributed by atoms with Crippen LogP contribution >= 0.6 is 0 Å². The molecule has 2 N–H and O–H groups in total. The van der Waals surface area contributed by atoms with Crippen LogP contribution in [0, 0.1) is 11.6 Å². The molecule has 1 aliphatic rings. The fraction of sp³-hybridized carbons (Fsp3) is 0.160. The van der Waals surface area contributed by atoms with Crippen molar-refractivity contribution in [2.45, 2.75) is 19.4 Å². The summed E-state index contributed by atoms with van der Waals surface area (Å²) in [6, 6.07) is 18.2. The van der Waals surface area contributed by atoms with Crippen LogP contribution in [0.5, 0.6) is 0 Å². The highest BCUT2D eigenvalue weighted by molar-refractivity contribution is 6.06. The van der Waals surface area contributed by atoms with E-state index in [1.807, 2.05) is 18.2 Å². The minimum atomic E-state index is -0.372. The SMILES string of the molecule is O=C(Nc1ccc2c(c1)NCCC2)c1cc2cc(F)ccc2n1Cc1cccc(F)c1. The maximum atomic E-state index is 13.8. The molecule has 0 aliphatic carbocycles. The molecular weight excluding hydrogens is 396 g/mol. The molecule has 0 saturated carbocycles. The average Bonchev–Trinajstić information content (AvgIpc) is 3.11. The molecule has 0 saturated heterocycles. The minimum Gasteiger partial charge on any atom is -0.385 e. The van der Waals surface area contributed by atoms with E-state index in [0.717, 1.165) is 25.1 Å². The zero-order valence-electron chi connectivity index (χ0n) is 16.8. The van der Waals surface area contributed by atoms with E-state index in [9.17, 15) is 13.6 Å². The number of rotatable bonds is 4. The number of aryl methyl sites for hydroxylation is 1. The lowest BCUT2D eigenvalue weighted by Crippen LogP contribution is -2.18. The van der Waals surface area contributed by atoms with Crippen molar-refractivity contribution in [3.8, 4) is 0 Å². The molecule has 5 rings (SSSR count). The Labute approximate surface area is 178 Å². The Kier molecular flexibility index (Phi) is 4.90. The van der Waals surface area contributed by atoms with E-state index in [0.29, 0.717) is 34.4 Å². The number of carbonyl (C=O) groups excluding carboxylic acids is 1. The molecule has 0 unspecified atom stereocenters. The van der Waals surface area contributed by atoms with Gasteiger partial charge in [-0.25, -0.2) is 8.78 Å². The van der Waals surface area contributed by atoms with Crippen LogP contribution in [-0.2, 0) is 13.0 Å². The van der Waals surface area contributed by atoms with Crippen LogP contribution in [0.15, 0.2) is 66.7 Å². The summed E-state index contributed by atoms with van der Waals surface area (Å²) < 4.78 is 29.3. The number of hydrogen-bond acceptors (Lipinski definition) is 2. The zero-order valence-corrected chi connectivity index (χ0v) is 16.8. The summed E-state index contributed by atoms with van der Waals surface area (Å²) in [5, 5.41) is 6.93. The van der Waals surface area contributed by atoms with Crippen molar-refractivity contribution >= 4 is 28.2 Å². The Bertz CT molecular complexity index is 1300. The van der Waals surface area contributed by atoms with Crippen LogP contribution < -0.4 is 10.6 Å². The molecule has 2 heterocycles. The first-order chi connectivity index (χ1) is 15.1. The first-order valence-electron chi connectivity index (χ1n) is 10.3. The summed E-state index contributed by atoms with van der Waals surface area (Å²) in [5.41, 5.74) is 4.77. The van der Waals surface area contributed by atoms with Gasteiger partial charge in [0.15, 0.2) is 0 Å². The van der Waals surface area contributed by atoms with Crippen molar-refractivity contribution in [3.63, 3.8) is 0 Å². The summed E-state index contributed by atoms with van der Waals surface area (Å²) in [6.07, 6.45) is 2.11. The smallest absolute Gasteiger partial charge is 0.272 e. The third-order valence-electron chi connectivity index (χ3n) is 5.63. The molecule has 4 nitrogen and oxygen atoms in total. The number of anilines is 2. The summed E-state index contributed by atoms with van der Waals surface area (Å²) in [7, 11) is 0. The molecule has 1 aromatic heterocycles. The van der Waals surface area contributed by atoms with Gasteiger partial charge in [-0.2, -0.15) is 0 Å². The third kappa shape index (κ3) is 3.89. The molecular formula is C25H21F2N3O. The largest absolute Gasteiger partial charge is 0.385 e. The van der Waals surface area contributed by atoms with Crippen molar-refractivity contribution in [2.24, 2.45) is 0 Å². The number of nitrogens with one attached hydrogen (secondary N) is 2. The predicted molar refractivity (Wildman–Crippen MR) is 119 cm³/mol. The molecule has 31 heavy (non-hydrogen) atoms. The van der Waals surface area contributed by atoms with E-state index in [4.69, 9.17) is 0 Å². The van der Waals surface area contributed by atoms with Gasteiger partial charge in [0.2, 0.25) is 0 Å². The van der Waals surface area contributed by atoms with Gasteiger partial charge in [-0.3, -0.25) is 4.79 Å². The number of hydrogen-bond donors (Lipinski definition) is 2. The normalized spacial score (nSPS) is 13.0. The van der Waals surface area contributed by atoms with E-state index in [1.54, 1.807) is 28.8 Å². The van der Waals surface area contributed by atoms with Crippen LogP contribution in [0.4, 0.5) is 20.2 Å². The zero-order chi connectivity index (χ0) is 21.4. The summed E-state index contributed by atoms with van der Waals surface area (Å²) >= 11 is 0. The van der Waals surface area contributed by atoms with E-state index in [1.165, 1.54) is 29.8 Å². The van der Waals surface area contributed by atoms with Crippen molar-refractivity contribution < 1.29 is 13.6 Å². The lowest BCUT2D eigenvalue weighted by atomic mass is 10.0. The maximum absolute atomic E-state index is 13.8. The Balaban J connectivity index is 1.51. The maximum Gasteiger partial charge on any atom is 0.272 e. The number of aromatic nitrogens is 1. The molecule has 156 valence electrons. The van der Waals surface area contributed by atoms with Crippen LogP contribution in [0.3, 0.4) is 0 Å². The lowest BCUT2D eigenvalue weighted by Gasteiger charge is -2.19. The van der Waals surface area contributed by atoms with Crippen LogP contribution in [0.1, 0.15) is 28.0 Å². The van der Waals surface area contributed by atoms with Gasteiger partial charge in [-0.15, -0.1) is 0 Å². The highest BCUT2D eigenvalue weighted by Crippen LogP contribution is 2.27. The Hall–Kier alpha value is -3.67. The Morgan fingerprint density at radius 1 is 1.00 bits per heavy atom. The third-order valence-corrected chi connectivity index (χ3v) is 5.63. The van der Waals surface area contributed by atoms with Crippen LogP contribution in [0.25, 0.3) is 10.9 Å². The van der Waals surface area contributed by atoms with Gasteiger partial charge in [-0.05, 0) is 72.5 Å². The predicted octanol–water partition coefficient (Wildman–Crippen LogP) is 5.58. The summed E-state index contributed by atoms with van der Waals surface area (Å²) in [4.78, 5) is 13.2. The van der Waals surface area contributed by atoms with Crippen molar-refractivity contribution in [3.05, 3.63) is 95.2 Å². The van der Waals surface area contributed by atoms with Gasteiger partial charge < -0.3 is 15.2 Å². The molecule has 0 fully saturated rings. The Morgan fingerprint density at radius 2 is 1.87 bits per heavy atom.